The lowest BCUT2D eigenvalue weighted by atomic mass is 10.0. The first-order valence-corrected chi connectivity index (χ1v) is 15.4. The number of sulfonamides is 1. The maximum atomic E-state index is 12.8. The molecule has 4 rings (SSSR count). The molecule has 0 saturated carbocycles. The Morgan fingerprint density at radius 1 is 0.897 bits per heavy atom. The maximum absolute atomic E-state index is 12.8. The molecule has 1 N–H and O–H groups in total. The summed E-state index contributed by atoms with van der Waals surface area (Å²) in [5.41, 5.74) is 3.66. The third-order valence-corrected chi connectivity index (χ3v) is 8.07. The number of hydrogen-bond acceptors (Lipinski definition) is 4. The molecule has 1 heterocycles. The monoisotopic (exact) mass is 543 g/mol. The van der Waals surface area contributed by atoms with Crippen LogP contribution in [0.2, 0.25) is 0 Å². The van der Waals surface area contributed by atoms with Crippen molar-refractivity contribution in [1.82, 2.24) is 14.3 Å². The molecule has 6 nitrogen and oxygen atoms in total. The van der Waals surface area contributed by atoms with Crippen LogP contribution < -0.4 is 4.72 Å². The Bertz CT molecular complexity index is 1530. The van der Waals surface area contributed by atoms with Gasteiger partial charge in [-0.3, -0.25) is 4.79 Å². The lowest BCUT2D eigenvalue weighted by Gasteiger charge is -2.12. The topological polar surface area (TPSA) is 81.1 Å². The second-order valence-corrected chi connectivity index (χ2v) is 11.6. The van der Waals surface area contributed by atoms with Crippen LogP contribution >= 0.6 is 0 Å². The average Bonchev–Trinajstić information content (AvgIpc) is 3.27. The normalized spacial score (nSPS) is 11.8. The predicted molar refractivity (Wildman–Crippen MR) is 160 cm³/mol. The highest BCUT2D eigenvalue weighted by Gasteiger charge is 2.19. The van der Waals surface area contributed by atoms with Crippen molar-refractivity contribution in [2.24, 2.45) is 0 Å². The number of hydrogen-bond donors (Lipinski definition) is 1. The summed E-state index contributed by atoms with van der Waals surface area (Å²) in [6.07, 6.45) is 8.08. The number of nitrogens with zero attached hydrogens (tertiary/aromatic N) is 2. The van der Waals surface area contributed by atoms with Gasteiger partial charge in [0.1, 0.15) is 5.82 Å². The maximum Gasteiger partial charge on any atom is 0.257 e. The minimum atomic E-state index is -3.69. The van der Waals surface area contributed by atoms with Gasteiger partial charge in [0.05, 0.1) is 17.1 Å². The van der Waals surface area contributed by atoms with Crippen molar-refractivity contribution in [3.63, 3.8) is 0 Å². The first-order valence-electron chi connectivity index (χ1n) is 13.8. The zero-order chi connectivity index (χ0) is 27.7. The lowest BCUT2D eigenvalue weighted by molar-refractivity contribution is -0.114. The van der Waals surface area contributed by atoms with Crippen LogP contribution in [0.3, 0.4) is 0 Å². The lowest BCUT2D eigenvalue weighted by Crippen LogP contribution is -2.31. The van der Waals surface area contributed by atoms with Crippen LogP contribution in [0.1, 0.15) is 63.0 Å². The molecule has 0 saturated heterocycles. The molecule has 39 heavy (non-hydrogen) atoms. The molecule has 3 aromatic carbocycles. The standard InChI is InChI=1S/C32H37N3O3S/c1-3-5-12-23-39(37,38)34-31(36)22-21-29-32(28-19-13-17-26-16-10-11-18-27(26)28)33-30(20-6-4-2)35(29)24-25-14-8-7-9-15-25/h7-11,13-19,21-22H,3-6,12,20,23-24H2,1-2H3,(H,34,36)/b22-21+. The van der Waals surface area contributed by atoms with E-state index in [1.165, 1.54) is 6.08 Å². The summed E-state index contributed by atoms with van der Waals surface area (Å²) in [6, 6.07) is 24.5. The fraction of sp³-hybridized carbons (Fsp3) is 0.312. The van der Waals surface area contributed by atoms with Crippen LogP contribution in [0, 0.1) is 0 Å². The minimum absolute atomic E-state index is 0.0607. The number of benzene rings is 3. The van der Waals surface area contributed by atoms with E-state index >= 15 is 0 Å². The molecule has 204 valence electrons. The molecule has 4 aromatic rings. The van der Waals surface area contributed by atoms with Crippen molar-refractivity contribution in [1.29, 1.82) is 0 Å². The first kappa shape index (κ1) is 28.3. The first-order chi connectivity index (χ1) is 18.9. The zero-order valence-corrected chi connectivity index (χ0v) is 23.6. The number of amides is 1. The number of carbonyl (C=O) groups is 1. The molecule has 0 radical (unpaired) electrons. The van der Waals surface area contributed by atoms with Gasteiger partial charge in [0.2, 0.25) is 10.0 Å². The number of unbranched alkanes of at least 4 members (excludes halogenated alkanes) is 3. The van der Waals surface area contributed by atoms with Gasteiger partial charge in [-0.2, -0.15) is 0 Å². The smallest absolute Gasteiger partial charge is 0.257 e. The summed E-state index contributed by atoms with van der Waals surface area (Å²) in [5, 5.41) is 2.18. The zero-order valence-electron chi connectivity index (χ0n) is 22.8. The Hall–Kier alpha value is -3.71. The van der Waals surface area contributed by atoms with Gasteiger partial charge in [-0.05, 0) is 35.3 Å². The number of nitrogens with one attached hydrogen (secondary N) is 1. The second kappa shape index (κ2) is 13.4. The van der Waals surface area contributed by atoms with E-state index in [-0.39, 0.29) is 5.75 Å². The summed E-state index contributed by atoms with van der Waals surface area (Å²) < 4.78 is 29.2. The van der Waals surface area contributed by atoms with Crippen molar-refractivity contribution in [3.05, 3.63) is 96.0 Å². The summed E-state index contributed by atoms with van der Waals surface area (Å²) >= 11 is 0. The quantitative estimate of drug-likeness (QED) is 0.150. The van der Waals surface area contributed by atoms with E-state index in [1.54, 1.807) is 6.08 Å². The molecule has 0 aliphatic carbocycles. The van der Waals surface area contributed by atoms with E-state index < -0.39 is 15.9 Å². The van der Waals surface area contributed by atoms with Gasteiger partial charge in [-0.15, -0.1) is 0 Å². The summed E-state index contributed by atoms with van der Waals surface area (Å²) in [4.78, 5) is 17.9. The number of carbonyl (C=O) groups excluding carboxylic acids is 1. The van der Waals surface area contributed by atoms with Crippen LogP contribution in [-0.4, -0.2) is 29.6 Å². The third kappa shape index (κ3) is 7.45. The van der Waals surface area contributed by atoms with Gasteiger partial charge in [-0.1, -0.05) is 106 Å². The second-order valence-electron chi connectivity index (χ2n) is 9.79. The Labute approximate surface area is 231 Å². The van der Waals surface area contributed by atoms with E-state index in [9.17, 15) is 13.2 Å². The molecule has 0 spiro atoms. The number of aryl methyl sites for hydroxylation is 1. The molecule has 1 amide bonds. The highest BCUT2D eigenvalue weighted by Crippen LogP contribution is 2.33. The molecule has 0 aliphatic rings. The summed E-state index contributed by atoms with van der Waals surface area (Å²) in [6.45, 7) is 4.76. The number of aromatic nitrogens is 2. The largest absolute Gasteiger partial charge is 0.323 e. The minimum Gasteiger partial charge on any atom is -0.323 e. The molecule has 0 bridgehead atoms. The van der Waals surface area contributed by atoms with Crippen LogP contribution in [-0.2, 0) is 27.8 Å². The van der Waals surface area contributed by atoms with Crippen LogP contribution in [0.5, 0.6) is 0 Å². The van der Waals surface area contributed by atoms with E-state index in [4.69, 9.17) is 4.98 Å². The van der Waals surface area contributed by atoms with Gasteiger partial charge in [0.15, 0.2) is 0 Å². The number of fused-ring (bicyclic) bond motifs is 1. The SMILES string of the molecule is CCCCCS(=O)(=O)NC(=O)/C=C/c1c(-c2cccc3ccccc23)nc(CCCC)n1Cc1ccccc1. The molecular formula is C32H37N3O3S. The van der Waals surface area contributed by atoms with Crippen molar-refractivity contribution < 1.29 is 13.2 Å². The van der Waals surface area contributed by atoms with Gasteiger partial charge >= 0.3 is 0 Å². The van der Waals surface area contributed by atoms with E-state index in [1.807, 2.05) is 43.3 Å². The van der Waals surface area contributed by atoms with Crippen molar-refractivity contribution >= 4 is 32.8 Å². The van der Waals surface area contributed by atoms with E-state index in [2.05, 4.69) is 52.6 Å². The Morgan fingerprint density at radius 3 is 2.38 bits per heavy atom. The van der Waals surface area contributed by atoms with E-state index in [0.29, 0.717) is 13.0 Å². The Morgan fingerprint density at radius 2 is 1.62 bits per heavy atom. The van der Waals surface area contributed by atoms with Gasteiger partial charge in [0.25, 0.3) is 5.91 Å². The van der Waals surface area contributed by atoms with Crippen molar-refractivity contribution in [2.45, 2.75) is 58.9 Å². The Balaban J connectivity index is 1.79. The highest BCUT2D eigenvalue weighted by molar-refractivity contribution is 7.90. The van der Waals surface area contributed by atoms with Gasteiger partial charge in [-0.25, -0.2) is 18.1 Å². The highest BCUT2D eigenvalue weighted by atomic mass is 32.2. The fourth-order valence-corrected chi connectivity index (χ4v) is 5.78. The molecular weight excluding hydrogens is 506 g/mol. The molecule has 0 atom stereocenters. The van der Waals surface area contributed by atoms with Gasteiger partial charge in [0, 0.05) is 24.6 Å². The summed E-state index contributed by atoms with van der Waals surface area (Å²) in [5.74, 6) is 0.225. The molecule has 7 heteroatoms. The van der Waals surface area contributed by atoms with Gasteiger partial charge < -0.3 is 4.57 Å². The summed E-state index contributed by atoms with van der Waals surface area (Å²) in [7, 11) is -3.69. The third-order valence-electron chi connectivity index (χ3n) is 6.73. The van der Waals surface area contributed by atoms with Crippen LogP contribution in [0.25, 0.3) is 28.1 Å². The predicted octanol–water partition coefficient (Wildman–Crippen LogP) is 6.74. The molecule has 0 fully saturated rings. The van der Waals surface area contributed by atoms with Crippen LogP contribution in [0.4, 0.5) is 0 Å². The average molecular weight is 544 g/mol. The number of imidazole rings is 1. The fourth-order valence-electron chi connectivity index (χ4n) is 4.72. The molecule has 0 aliphatic heterocycles. The van der Waals surface area contributed by atoms with Crippen molar-refractivity contribution in [3.8, 4) is 11.3 Å². The van der Waals surface area contributed by atoms with Crippen LogP contribution in [0.15, 0.2) is 78.9 Å². The van der Waals surface area contributed by atoms with E-state index in [0.717, 1.165) is 71.2 Å². The number of rotatable bonds is 13. The Kier molecular flexibility index (Phi) is 9.71. The molecule has 0 unspecified atom stereocenters. The molecule has 1 aromatic heterocycles. The van der Waals surface area contributed by atoms with Crippen molar-refractivity contribution in [2.75, 3.05) is 5.75 Å².